The van der Waals surface area contributed by atoms with Crippen molar-refractivity contribution in [3.8, 4) is 0 Å². The number of amides is 4. The number of nitrogens with one attached hydrogen (secondary N) is 4. The van der Waals surface area contributed by atoms with Gasteiger partial charge in [-0.2, -0.15) is 11.8 Å². The predicted molar refractivity (Wildman–Crippen MR) is 145 cm³/mol. The summed E-state index contributed by atoms with van der Waals surface area (Å²) in [7, 11) is 0. The highest BCUT2D eigenvalue weighted by Gasteiger charge is 2.30. The Morgan fingerprint density at radius 3 is 2.15 bits per heavy atom. The van der Waals surface area contributed by atoms with E-state index in [1.54, 1.807) is 6.26 Å². The molecule has 0 fully saturated rings. The van der Waals surface area contributed by atoms with Gasteiger partial charge < -0.3 is 49.0 Å². The first-order valence-corrected chi connectivity index (χ1v) is 13.5. The third-order valence-corrected chi connectivity index (χ3v) is 6.10. The molecule has 0 aliphatic rings. The number of nitrogens with zero attached hydrogens (tertiary/aromatic N) is 2. The first-order valence-electron chi connectivity index (χ1n) is 12.1. The number of aliphatic imine (C=N–C) groups is 1. The zero-order chi connectivity index (χ0) is 29.4. The third-order valence-electron chi connectivity index (χ3n) is 5.45. The second-order valence-corrected chi connectivity index (χ2v) is 9.63. The number of rotatable bonds is 19. The maximum absolute atomic E-state index is 13.1. The maximum atomic E-state index is 13.1. The lowest BCUT2D eigenvalue weighted by Crippen LogP contribution is -2.57. The highest BCUT2D eigenvalue weighted by Crippen LogP contribution is 2.07. The van der Waals surface area contributed by atoms with Gasteiger partial charge in [-0.1, -0.05) is 0 Å². The summed E-state index contributed by atoms with van der Waals surface area (Å²) in [5.74, 6) is -3.71. The molecule has 4 unspecified atom stereocenters. The fraction of sp³-hybridized carbons (Fsp3) is 0.591. The van der Waals surface area contributed by atoms with Crippen molar-refractivity contribution in [1.82, 2.24) is 25.9 Å². The van der Waals surface area contributed by atoms with Gasteiger partial charge in [0.1, 0.15) is 18.1 Å². The third kappa shape index (κ3) is 13.5. The lowest BCUT2D eigenvalue weighted by molar-refractivity contribution is -0.142. The van der Waals surface area contributed by atoms with E-state index < -0.39 is 53.8 Å². The van der Waals surface area contributed by atoms with Crippen molar-refractivity contribution in [2.24, 2.45) is 27.9 Å². The van der Waals surface area contributed by atoms with Crippen molar-refractivity contribution < 1.29 is 29.1 Å². The number of guanidine groups is 1. The van der Waals surface area contributed by atoms with Crippen LogP contribution in [0.3, 0.4) is 0 Å². The second kappa shape index (κ2) is 17.6. The molecular formula is C22H38N10O6S. The van der Waals surface area contributed by atoms with Crippen molar-refractivity contribution in [3.05, 3.63) is 18.2 Å². The molecule has 0 spiro atoms. The summed E-state index contributed by atoms with van der Waals surface area (Å²) in [6, 6.07) is -4.61. The summed E-state index contributed by atoms with van der Waals surface area (Å²) in [6.07, 6.45) is 5.02. The summed E-state index contributed by atoms with van der Waals surface area (Å²) in [5.41, 5.74) is 22.2. The van der Waals surface area contributed by atoms with E-state index in [0.29, 0.717) is 17.9 Å². The number of carboxylic acids is 1. The molecule has 4 atom stereocenters. The van der Waals surface area contributed by atoms with Gasteiger partial charge in [0.2, 0.25) is 23.6 Å². The van der Waals surface area contributed by atoms with Crippen LogP contribution in [0.2, 0.25) is 0 Å². The fourth-order valence-electron chi connectivity index (χ4n) is 3.35. The van der Waals surface area contributed by atoms with Crippen LogP contribution in [0.4, 0.5) is 0 Å². The Labute approximate surface area is 229 Å². The van der Waals surface area contributed by atoms with Crippen LogP contribution in [0.5, 0.6) is 0 Å². The molecule has 39 heavy (non-hydrogen) atoms. The molecule has 4 amide bonds. The molecule has 218 valence electrons. The van der Waals surface area contributed by atoms with E-state index in [9.17, 15) is 29.1 Å². The van der Waals surface area contributed by atoms with Gasteiger partial charge in [-0.25, -0.2) is 9.78 Å². The van der Waals surface area contributed by atoms with E-state index >= 15 is 0 Å². The zero-order valence-electron chi connectivity index (χ0n) is 21.7. The number of aromatic amines is 1. The van der Waals surface area contributed by atoms with Crippen LogP contribution < -0.4 is 38.9 Å². The van der Waals surface area contributed by atoms with E-state index in [1.807, 2.05) is 0 Å². The molecule has 0 saturated heterocycles. The second-order valence-electron chi connectivity index (χ2n) is 8.64. The molecule has 1 aromatic heterocycles. The highest BCUT2D eigenvalue weighted by molar-refractivity contribution is 7.98. The molecule has 0 radical (unpaired) electrons. The van der Waals surface area contributed by atoms with E-state index in [0.717, 1.165) is 0 Å². The van der Waals surface area contributed by atoms with Crippen LogP contribution in [0, 0.1) is 0 Å². The number of thioether (sulfide) groups is 1. The predicted octanol–water partition coefficient (Wildman–Crippen LogP) is -3.11. The molecule has 0 aromatic carbocycles. The monoisotopic (exact) mass is 570 g/mol. The van der Waals surface area contributed by atoms with Crippen molar-refractivity contribution in [2.75, 3.05) is 18.6 Å². The molecule has 0 saturated carbocycles. The minimum atomic E-state index is -1.28. The first kappa shape index (κ1) is 33.2. The Balaban J connectivity index is 2.93. The maximum Gasteiger partial charge on any atom is 0.326 e. The average molecular weight is 571 g/mol. The number of nitrogens with two attached hydrogens (primary N) is 4. The van der Waals surface area contributed by atoms with Gasteiger partial charge in [-0.15, -0.1) is 0 Å². The van der Waals surface area contributed by atoms with Crippen molar-refractivity contribution >= 4 is 47.3 Å². The van der Waals surface area contributed by atoms with Gasteiger partial charge >= 0.3 is 5.97 Å². The average Bonchev–Trinajstić information content (AvgIpc) is 3.38. The Morgan fingerprint density at radius 1 is 1.00 bits per heavy atom. The van der Waals surface area contributed by atoms with Crippen molar-refractivity contribution in [3.63, 3.8) is 0 Å². The number of hydrogen-bond donors (Lipinski definition) is 9. The van der Waals surface area contributed by atoms with Crippen molar-refractivity contribution in [2.45, 2.75) is 62.7 Å². The molecule has 16 nitrogen and oxygen atoms in total. The molecule has 0 aliphatic heterocycles. The van der Waals surface area contributed by atoms with Crippen LogP contribution >= 0.6 is 11.8 Å². The van der Waals surface area contributed by atoms with Gasteiger partial charge in [0, 0.05) is 31.3 Å². The quantitative estimate of drug-likeness (QED) is 0.0455. The van der Waals surface area contributed by atoms with E-state index in [4.69, 9.17) is 22.9 Å². The van der Waals surface area contributed by atoms with Gasteiger partial charge in [-0.3, -0.25) is 24.2 Å². The topological polar surface area (TPSA) is 287 Å². The Bertz CT molecular complexity index is 986. The normalized spacial score (nSPS) is 13.8. The van der Waals surface area contributed by atoms with Gasteiger partial charge in [0.15, 0.2) is 5.96 Å². The van der Waals surface area contributed by atoms with E-state index in [1.165, 1.54) is 24.3 Å². The SMILES string of the molecule is CSCCC(NC(=O)C(CCC(N)=O)NC(=O)C(N)CCCN=C(N)N)C(=O)NC(Cc1cnc[nH]1)C(=O)O. The molecule has 13 N–H and O–H groups in total. The summed E-state index contributed by atoms with van der Waals surface area (Å²) >= 11 is 1.42. The molecule has 1 aromatic rings. The summed E-state index contributed by atoms with van der Waals surface area (Å²) in [4.78, 5) is 72.2. The van der Waals surface area contributed by atoms with Gasteiger partial charge in [-0.05, 0) is 37.7 Å². The van der Waals surface area contributed by atoms with Crippen LogP contribution in [-0.4, -0.2) is 93.4 Å². The molecular weight excluding hydrogens is 532 g/mol. The van der Waals surface area contributed by atoms with Crippen LogP contribution in [0.1, 0.15) is 37.8 Å². The summed E-state index contributed by atoms with van der Waals surface area (Å²) in [5, 5.41) is 17.1. The van der Waals surface area contributed by atoms with Crippen molar-refractivity contribution in [1.29, 1.82) is 0 Å². The number of H-pyrrole nitrogens is 1. The minimum absolute atomic E-state index is 0.0529. The number of imidazole rings is 1. The number of carbonyl (C=O) groups is 5. The van der Waals surface area contributed by atoms with Gasteiger partial charge in [0.05, 0.1) is 12.4 Å². The number of hydrogen-bond acceptors (Lipinski definition) is 9. The van der Waals surface area contributed by atoms with Crippen LogP contribution in [0.25, 0.3) is 0 Å². The number of aromatic nitrogens is 2. The standard InChI is InChI=1S/C22H38N10O6S/c1-39-8-6-15(20(36)32-16(21(37)38)9-12-10-27-11-29-12)31-19(35)14(4-5-17(24)33)30-18(34)13(23)3-2-7-28-22(25)26/h10-11,13-16H,2-9,23H2,1H3,(H2,24,33)(H,27,29)(H,30,34)(H,31,35)(H,32,36)(H,37,38)(H4,25,26,28). The van der Waals surface area contributed by atoms with E-state index in [-0.39, 0.29) is 44.6 Å². The van der Waals surface area contributed by atoms with E-state index in [2.05, 4.69) is 30.9 Å². The number of carboxylic acid groups (broad SMARTS) is 1. The van der Waals surface area contributed by atoms with Gasteiger partial charge in [0.25, 0.3) is 0 Å². The fourth-order valence-corrected chi connectivity index (χ4v) is 3.82. The lowest BCUT2D eigenvalue weighted by Gasteiger charge is -2.25. The molecule has 1 heterocycles. The molecule has 17 heteroatoms. The molecule has 0 aliphatic carbocycles. The number of aliphatic carboxylic acids is 1. The number of primary amides is 1. The number of carbonyl (C=O) groups excluding carboxylic acids is 4. The summed E-state index contributed by atoms with van der Waals surface area (Å²) < 4.78 is 0. The van der Waals surface area contributed by atoms with Crippen LogP contribution in [0.15, 0.2) is 17.5 Å². The Hall–Kier alpha value is -3.86. The smallest absolute Gasteiger partial charge is 0.326 e. The molecule has 0 bridgehead atoms. The Morgan fingerprint density at radius 2 is 1.62 bits per heavy atom. The van der Waals surface area contributed by atoms with Crippen LogP contribution in [-0.2, 0) is 30.4 Å². The highest BCUT2D eigenvalue weighted by atomic mass is 32.2. The Kier molecular flexibility index (Phi) is 15.0. The lowest BCUT2D eigenvalue weighted by atomic mass is 10.1. The zero-order valence-corrected chi connectivity index (χ0v) is 22.5. The minimum Gasteiger partial charge on any atom is -0.480 e. The molecule has 1 rings (SSSR count). The summed E-state index contributed by atoms with van der Waals surface area (Å²) in [6.45, 7) is 0.263. The largest absolute Gasteiger partial charge is 0.480 e. The first-order chi connectivity index (χ1) is 18.4.